The summed E-state index contributed by atoms with van der Waals surface area (Å²) in [6, 6.07) is 0.628. The Bertz CT molecular complexity index is 164. The second kappa shape index (κ2) is 8.08. The van der Waals surface area contributed by atoms with Crippen molar-refractivity contribution in [1.29, 1.82) is 0 Å². The van der Waals surface area contributed by atoms with Gasteiger partial charge in [0.1, 0.15) is 0 Å². The summed E-state index contributed by atoms with van der Waals surface area (Å²) >= 11 is 0. The Morgan fingerprint density at radius 3 is 1.75 bits per heavy atom. The molecule has 0 saturated carbocycles. The lowest BCUT2D eigenvalue weighted by atomic mass is 9.96. The Morgan fingerprint density at radius 2 is 1.44 bits per heavy atom. The van der Waals surface area contributed by atoms with Crippen LogP contribution in [0.5, 0.6) is 0 Å². The molecule has 0 amide bonds. The molecule has 0 spiro atoms. The molecule has 0 radical (unpaired) electrons. The fraction of sp³-hybridized carbons (Fsp3) is 1.00. The first-order valence-electron chi connectivity index (χ1n) is 6.80. The predicted molar refractivity (Wildman–Crippen MR) is 73.5 cm³/mol. The van der Waals surface area contributed by atoms with Gasteiger partial charge in [-0.25, -0.2) is 0 Å². The van der Waals surface area contributed by atoms with Crippen molar-refractivity contribution in [2.75, 3.05) is 19.6 Å². The summed E-state index contributed by atoms with van der Waals surface area (Å²) in [6.45, 7) is 16.9. The molecule has 1 atom stereocenters. The molecule has 0 aliphatic rings. The summed E-state index contributed by atoms with van der Waals surface area (Å²) in [7, 11) is 0. The Kier molecular flexibility index (Phi) is 8.04. The summed E-state index contributed by atoms with van der Waals surface area (Å²) in [5.74, 6) is 2.14. The number of rotatable bonds is 8. The van der Waals surface area contributed by atoms with Gasteiger partial charge >= 0.3 is 0 Å². The standard InChI is InChI=1S/C14H32N2/c1-11(2)7-14(8-15)10-16(13(5)6)9-12(3)4/h11-14H,7-10,15H2,1-6H3. The summed E-state index contributed by atoms with van der Waals surface area (Å²) in [5, 5.41) is 0. The largest absolute Gasteiger partial charge is 0.330 e. The van der Waals surface area contributed by atoms with E-state index in [2.05, 4.69) is 46.4 Å². The average molecular weight is 228 g/mol. The molecule has 16 heavy (non-hydrogen) atoms. The second-order valence-corrected chi connectivity index (χ2v) is 6.17. The summed E-state index contributed by atoms with van der Waals surface area (Å²) in [5.41, 5.74) is 5.87. The highest BCUT2D eigenvalue weighted by molar-refractivity contribution is 4.72. The Morgan fingerprint density at radius 1 is 0.875 bits per heavy atom. The van der Waals surface area contributed by atoms with Crippen molar-refractivity contribution < 1.29 is 0 Å². The third kappa shape index (κ3) is 7.24. The van der Waals surface area contributed by atoms with Crippen LogP contribution < -0.4 is 5.73 Å². The normalized spacial score (nSPS) is 14.4. The van der Waals surface area contributed by atoms with E-state index < -0.39 is 0 Å². The van der Waals surface area contributed by atoms with Gasteiger partial charge < -0.3 is 10.6 Å². The van der Waals surface area contributed by atoms with E-state index in [1.165, 1.54) is 13.0 Å². The van der Waals surface area contributed by atoms with Crippen LogP contribution in [0.25, 0.3) is 0 Å². The monoisotopic (exact) mass is 228 g/mol. The third-order valence-electron chi connectivity index (χ3n) is 2.96. The molecule has 98 valence electrons. The topological polar surface area (TPSA) is 29.3 Å². The van der Waals surface area contributed by atoms with Crippen molar-refractivity contribution in [2.45, 2.75) is 54.0 Å². The Labute approximate surface area is 103 Å². The van der Waals surface area contributed by atoms with Crippen molar-refractivity contribution in [2.24, 2.45) is 23.5 Å². The van der Waals surface area contributed by atoms with E-state index in [-0.39, 0.29) is 0 Å². The molecule has 0 heterocycles. The van der Waals surface area contributed by atoms with E-state index in [4.69, 9.17) is 5.73 Å². The molecule has 0 aromatic carbocycles. The zero-order valence-corrected chi connectivity index (χ0v) is 12.2. The van der Waals surface area contributed by atoms with Crippen LogP contribution in [0.3, 0.4) is 0 Å². The predicted octanol–water partition coefficient (Wildman–Crippen LogP) is 2.97. The van der Waals surface area contributed by atoms with Crippen LogP contribution in [0.1, 0.15) is 48.0 Å². The van der Waals surface area contributed by atoms with Crippen LogP contribution in [-0.2, 0) is 0 Å². The van der Waals surface area contributed by atoms with Crippen LogP contribution in [0.4, 0.5) is 0 Å². The maximum atomic E-state index is 5.87. The van der Waals surface area contributed by atoms with Crippen LogP contribution in [0.15, 0.2) is 0 Å². The molecule has 0 saturated heterocycles. The molecule has 0 aliphatic heterocycles. The van der Waals surface area contributed by atoms with Gasteiger partial charge in [0, 0.05) is 19.1 Å². The first kappa shape index (κ1) is 15.9. The molecule has 0 fully saturated rings. The van der Waals surface area contributed by atoms with Crippen LogP contribution in [-0.4, -0.2) is 30.6 Å². The van der Waals surface area contributed by atoms with Gasteiger partial charge in [-0.15, -0.1) is 0 Å². The van der Waals surface area contributed by atoms with Gasteiger partial charge in [0.15, 0.2) is 0 Å². The Hall–Kier alpha value is -0.0800. The number of nitrogens with zero attached hydrogens (tertiary/aromatic N) is 1. The highest BCUT2D eigenvalue weighted by Crippen LogP contribution is 2.14. The van der Waals surface area contributed by atoms with Gasteiger partial charge in [-0.05, 0) is 44.6 Å². The van der Waals surface area contributed by atoms with Gasteiger partial charge in [-0.2, -0.15) is 0 Å². The molecule has 0 aromatic heterocycles. The highest BCUT2D eigenvalue weighted by Gasteiger charge is 2.17. The number of hydrogen-bond donors (Lipinski definition) is 1. The summed E-state index contributed by atoms with van der Waals surface area (Å²) in [4.78, 5) is 2.57. The van der Waals surface area contributed by atoms with Crippen molar-refractivity contribution in [3.05, 3.63) is 0 Å². The molecule has 0 bridgehead atoms. The van der Waals surface area contributed by atoms with Gasteiger partial charge in [-0.3, -0.25) is 0 Å². The summed E-state index contributed by atoms with van der Waals surface area (Å²) < 4.78 is 0. The zero-order chi connectivity index (χ0) is 12.7. The lowest BCUT2D eigenvalue weighted by Crippen LogP contribution is -2.40. The molecular formula is C14H32N2. The molecule has 0 aliphatic carbocycles. The first-order valence-corrected chi connectivity index (χ1v) is 6.80. The second-order valence-electron chi connectivity index (χ2n) is 6.17. The van der Waals surface area contributed by atoms with E-state index in [0.717, 1.165) is 24.9 Å². The van der Waals surface area contributed by atoms with Crippen molar-refractivity contribution in [3.63, 3.8) is 0 Å². The maximum Gasteiger partial charge on any atom is 0.00388 e. The smallest absolute Gasteiger partial charge is 0.00388 e. The van der Waals surface area contributed by atoms with Crippen molar-refractivity contribution in [1.82, 2.24) is 4.90 Å². The molecule has 0 rings (SSSR count). The van der Waals surface area contributed by atoms with Crippen LogP contribution >= 0.6 is 0 Å². The molecule has 2 nitrogen and oxygen atoms in total. The molecule has 0 aromatic rings. The first-order chi connectivity index (χ1) is 7.36. The molecule has 2 heteroatoms. The Balaban J connectivity index is 4.23. The maximum absolute atomic E-state index is 5.87. The lowest BCUT2D eigenvalue weighted by Gasteiger charge is -2.32. The average Bonchev–Trinajstić information content (AvgIpc) is 2.13. The molecule has 1 unspecified atom stereocenters. The molecule has 2 N–H and O–H groups in total. The SMILES string of the molecule is CC(C)CC(CN)CN(CC(C)C)C(C)C. The minimum Gasteiger partial charge on any atom is -0.330 e. The number of hydrogen-bond acceptors (Lipinski definition) is 2. The van der Waals surface area contributed by atoms with E-state index in [0.29, 0.717) is 12.0 Å². The minimum absolute atomic E-state index is 0.628. The van der Waals surface area contributed by atoms with Gasteiger partial charge in [0.25, 0.3) is 0 Å². The lowest BCUT2D eigenvalue weighted by molar-refractivity contribution is 0.160. The van der Waals surface area contributed by atoms with Crippen LogP contribution in [0, 0.1) is 17.8 Å². The molecular weight excluding hydrogens is 196 g/mol. The summed E-state index contributed by atoms with van der Waals surface area (Å²) in [6.07, 6.45) is 1.25. The van der Waals surface area contributed by atoms with Gasteiger partial charge in [0.05, 0.1) is 0 Å². The highest BCUT2D eigenvalue weighted by atomic mass is 15.1. The fourth-order valence-corrected chi connectivity index (χ4v) is 2.21. The quantitative estimate of drug-likeness (QED) is 0.692. The zero-order valence-electron chi connectivity index (χ0n) is 12.2. The third-order valence-corrected chi connectivity index (χ3v) is 2.96. The number of nitrogens with two attached hydrogens (primary N) is 1. The van der Waals surface area contributed by atoms with E-state index in [1.54, 1.807) is 0 Å². The van der Waals surface area contributed by atoms with E-state index in [1.807, 2.05) is 0 Å². The van der Waals surface area contributed by atoms with Crippen molar-refractivity contribution >= 4 is 0 Å². The minimum atomic E-state index is 0.628. The van der Waals surface area contributed by atoms with Crippen LogP contribution in [0.2, 0.25) is 0 Å². The van der Waals surface area contributed by atoms with Gasteiger partial charge in [-0.1, -0.05) is 27.7 Å². The fourth-order valence-electron chi connectivity index (χ4n) is 2.21. The van der Waals surface area contributed by atoms with E-state index >= 15 is 0 Å². The van der Waals surface area contributed by atoms with Crippen molar-refractivity contribution in [3.8, 4) is 0 Å². The van der Waals surface area contributed by atoms with Gasteiger partial charge in [0.2, 0.25) is 0 Å². The van der Waals surface area contributed by atoms with E-state index in [9.17, 15) is 0 Å².